The molecule has 0 bridgehead atoms. The van der Waals surface area contributed by atoms with E-state index in [1.54, 1.807) is 18.2 Å². The summed E-state index contributed by atoms with van der Waals surface area (Å²) in [5.74, 6) is -1.71. The number of hydrogen-bond acceptors (Lipinski definition) is 6. The van der Waals surface area contributed by atoms with Crippen LogP contribution in [0.2, 0.25) is 0 Å². The van der Waals surface area contributed by atoms with Gasteiger partial charge in [0.1, 0.15) is 12.4 Å². The molecule has 1 saturated heterocycles. The number of rotatable bonds is 5. The third-order valence-electron chi connectivity index (χ3n) is 6.08. The zero-order valence-electron chi connectivity index (χ0n) is 18.6. The maximum atomic E-state index is 13.9. The van der Waals surface area contributed by atoms with E-state index in [9.17, 15) is 22.4 Å². The number of anilines is 1. The van der Waals surface area contributed by atoms with E-state index in [1.165, 1.54) is 53.4 Å². The Bertz CT molecular complexity index is 1410. The van der Waals surface area contributed by atoms with Crippen molar-refractivity contribution in [2.45, 2.75) is 35.3 Å². The van der Waals surface area contributed by atoms with Gasteiger partial charge in [-0.1, -0.05) is 24.3 Å². The zero-order valence-corrected chi connectivity index (χ0v) is 19.5. The van der Waals surface area contributed by atoms with Crippen molar-refractivity contribution in [3.8, 4) is 0 Å². The fourth-order valence-electron chi connectivity index (χ4n) is 4.34. The molecule has 0 unspecified atom stereocenters. The van der Waals surface area contributed by atoms with E-state index in [0.717, 1.165) is 12.8 Å². The van der Waals surface area contributed by atoms with Crippen LogP contribution in [-0.4, -0.2) is 39.6 Å². The largest absolute Gasteiger partial charge is 0.459 e. The van der Waals surface area contributed by atoms with Crippen molar-refractivity contribution in [3.63, 3.8) is 0 Å². The van der Waals surface area contributed by atoms with Gasteiger partial charge in [-0.3, -0.25) is 4.79 Å². The SMILES string of the molecule is O=C(OC[C@@H]1CCCO1)c1ccc2c(c1)N(Cc1cccc(F)c1)C(=O)c1ccccc1S2(=O)=O. The second-order valence-corrected chi connectivity index (χ2v) is 10.3. The highest BCUT2D eigenvalue weighted by Gasteiger charge is 2.36. The molecular formula is C26H22FNO6S. The second-order valence-electron chi connectivity index (χ2n) is 8.44. The van der Waals surface area contributed by atoms with Gasteiger partial charge in [0, 0.05) is 6.61 Å². The molecule has 0 N–H and O–H groups in total. The molecule has 3 aromatic rings. The Morgan fingerprint density at radius 1 is 1.06 bits per heavy atom. The van der Waals surface area contributed by atoms with E-state index in [-0.39, 0.29) is 45.9 Å². The summed E-state index contributed by atoms with van der Waals surface area (Å²) in [5.41, 5.74) is 0.594. The fraction of sp³-hybridized carbons (Fsp3) is 0.231. The molecule has 2 heterocycles. The second kappa shape index (κ2) is 9.24. The summed E-state index contributed by atoms with van der Waals surface area (Å²) in [6, 6.07) is 15.7. The number of sulfone groups is 1. The lowest BCUT2D eigenvalue weighted by atomic mass is 10.1. The predicted molar refractivity (Wildman–Crippen MR) is 125 cm³/mol. The van der Waals surface area contributed by atoms with Crippen molar-refractivity contribution in [1.29, 1.82) is 0 Å². The summed E-state index contributed by atoms with van der Waals surface area (Å²) in [6.07, 6.45) is 1.53. The molecule has 180 valence electrons. The summed E-state index contributed by atoms with van der Waals surface area (Å²) in [7, 11) is -4.08. The van der Waals surface area contributed by atoms with Gasteiger partial charge in [0.15, 0.2) is 0 Å². The van der Waals surface area contributed by atoms with Gasteiger partial charge in [-0.25, -0.2) is 17.6 Å². The Balaban J connectivity index is 1.59. The molecule has 1 amide bonds. The Hall–Kier alpha value is -3.56. The zero-order chi connectivity index (χ0) is 24.6. The summed E-state index contributed by atoms with van der Waals surface area (Å²) >= 11 is 0. The molecule has 0 radical (unpaired) electrons. The third-order valence-corrected chi connectivity index (χ3v) is 7.94. The monoisotopic (exact) mass is 495 g/mol. The van der Waals surface area contributed by atoms with E-state index in [4.69, 9.17) is 9.47 Å². The summed E-state index contributed by atoms with van der Waals surface area (Å²) in [5, 5.41) is 0. The minimum Gasteiger partial charge on any atom is -0.459 e. The van der Waals surface area contributed by atoms with Crippen LogP contribution in [0.1, 0.15) is 39.1 Å². The highest BCUT2D eigenvalue weighted by molar-refractivity contribution is 7.91. The average molecular weight is 496 g/mol. The Kier molecular flexibility index (Phi) is 6.12. The van der Waals surface area contributed by atoms with E-state index in [2.05, 4.69) is 0 Å². The fourth-order valence-corrected chi connectivity index (χ4v) is 5.97. The van der Waals surface area contributed by atoms with Crippen LogP contribution in [0, 0.1) is 5.82 Å². The van der Waals surface area contributed by atoms with E-state index < -0.39 is 27.5 Å². The molecule has 0 saturated carbocycles. The molecule has 0 aromatic heterocycles. The van der Waals surface area contributed by atoms with Crippen molar-refractivity contribution < 1.29 is 31.9 Å². The van der Waals surface area contributed by atoms with Crippen molar-refractivity contribution in [1.82, 2.24) is 0 Å². The first-order valence-electron chi connectivity index (χ1n) is 11.2. The lowest BCUT2D eigenvalue weighted by Crippen LogP contribution is -2.30. The molecule has 1 fully saturated rings. The molecule has 2 aliphatic heterocycles. The highest BCUT2D eigenvalue weighted by atomic mass is 32.2. The normalized spacial score (nSPS) is 18.5. The molecule has 5 rings (SSSR count). The number of ether oxygens (including phenoxy) is 2. The lowest BCUT2D eigenvalue weighted by molar-refractivity contribution is 0.0161. The van der Waals surface area contributed by atoms with Crippen LogP contribution in [-0.2, 0) is 25.9 Å². The van der Waals surface area contributed by atoms with Gasteiger partial charge >= 0.3 is 5.97 Å². The number of fused-ring (bicyclic) bond motifs is 2. The molecule has 1 atom stereocenters. The summed E-state index contributed by atoms with van der Waals surface area (Å²) in [4.78, 5) is 27.4. The van der Waals surface area contributed by atoms with Crippen LogP contribution >= 0.6 is 0 Å². The molecule has 35 heavy (non-hydrogen) atoms. The molecular weight excluding hydrogens is 473 g/mol. The molecule has 3 aromatic carbocycles. The Morgan fingerprint density at radius 2 is 1.89 bits per heavy atom. The molecule has 9 heteroatoms. The van der Waals surface area contributed by atoms with Crippen LogP contribution in [0.25, 0.3) is 0 Å². The summed E-state index contributed by atoms with van der Waals surface area (Å²) in [6.45, 7) is 0.615. The maximum absolute atomic E-state index is 13.9. The third kappa shape index (κ3) is 4.44. The Morgan fingerprint density at radius 3 is 2.66 bits per heavy atom. The number of benzene rings is 3. The van der Waals surface area contributed by atoms with Crippen LogP contribution in [0.3, 0.4) is 0 Å². The van der Waals surface area contributed by atoms with Crippen molar-refractivity contribution in [3.05, 3.63) is 89.2 Å². The Labute approximate surface area is 202 Å². The van der Waals surface area contributed by atoms with Gasteiger partial charge in [0.25, 0.3) is 5.91 Å². The minimum absolute atomic E-state index is 0.00242. The van der Waals surface area contributed by atoms with Gasteiger partial charge in [-0.05, 0) is 60.9 Å². The first-order chi connectivity index (χ1) is 16.8. The van der Waals surface area contributed by atoms with Crippen LogP contribution in [0.4, 0.5) is 10.1 Å². The number of amides is 1. The van der Waals surface area contributed by atoms with Crippen LogP contribution in [0.15, 0.2) is 76.5 Å². The van der Waals surface area contributed by atoms with Crippen LogP contribution in [0.5, 0.6) is 0 Å². The van der Waals surface area contributed by atoms with Crippen molar-refractivity contribution in [2.75, 3.05) is 18.1 Å². The number of esters is 1. The smallest absolute Gasteiger partial charge is 0.338 e. The highest BCUT2D eigenvalue weighted by Crippen LogP contribution is 2.38. The number of nitrogens with zero attached hydrogens (tertiary/aromatic N) is 1. The standard InChI is InChI=1S/C26H22FNO6S/c27-19-6-3-5-17(13-19)15-28-22-14-18(26(30)34-16-20-7-4-12-33-20)10-11-24(22)35(31,32)23-9-2-1-8-21(23)25(28)29/h1-3,5-6,8-11,13-14,20H,4,7,12,15-16H2/t20-/m0/s1. The molecule has 0 spiro atoms. The van der Waals surface area contributed by atoms with Crippen molar-refractivity contribution >= 4 is 27.4 Å². The van der Waals surface area contributed by atoms with Gasteiger partial charge in [0.05, 0.1) is 39.3 Å². The topological polar surface area (TPSA) is 90.0 Å². The van der Waals surface area contributed by atoms with Gasteiger partial charge in [0.2, 0.25) is 9.84 Å². The first-order valence-corrected chi connectivity index (χ1v) is 12.7. The van der Waals surface area contributed by atoms with E-state index in [1.807, 2.05) is 0 Å². The first kappa shape index (κ1) is 23.2. The lowest BCUT2D eigenvalue weighted by Gasteiger charge is -2.23. The van der Waals surface area contributed by atoms with Crippen molar-refractivity contribution in [2.24, 2.45) is 0 Å². The number of hydrogen-bond donors (Lipinski definition) is 0. The number of halogens is 1. The molecule has 0 aliphatic carbocycles. The van der Waals surface area contributed by atoms with Crippen LogP contribution < -0.4 is 4.90 Å². The molecule has 7 nitrogen and oxygen atoms in total. The van der Waals surface area contributed by atoms with Gasteiger partial charge in [-0.2, -0.15) is 0 Å². The molecule has 2 aliphatic rings. The van der Waals surface area contributed by atoms with Gasteiger partial charge < -0.3 is 14.4 Å². The quantitative estimate of drug-likeness (QED) is 0.494. The van der Waals surface area contributed by atoms with E-state index >= 15 is 0 Å². The van der Waals surface area contributed by atoms with E-state index in [0.29, 0.717) is 12.2 Å². The predicted octanol–water partition coefficient (Wildman–Crippen LogP) is 4.15. The maximum Gasteiger partial charge on any atom is 0.338 e. The van der Waals surface area contributed by atoms with Gasteiger partial charge in [-0.15, -0.1) is 0 Å². The number of carbonyl (C=O) groups is 2. The minimum atomic E-state index is -4.08. The number of carbonyl (C=O) groups excluding carboxylic acids is 2. The average Bonchev–Trinajstić information content (AvgIpc) is 3.37. The summed E-state index contributed by atoms with van der Waals surface area (Å²) < 4.78 is 51.8.